The second kappa shape index (κ2) is 2.26. The van der Waals surface area contributed by atoms with Crippen molar-refractivity contribution in [2.24, 2.45) is 0 Å². The summed E-state index contributed by atoms with van der Waals surface area (Å²) in [5, 5.41) is 16.8. The molecule has 0 aliphatic rings. The molecular weight excluding hydrogens is 84.0 g/mol. The molecule has 0 bridgehead atoms. The Hall–Kier alpha value is -0.990. The molecular formula is C3H3O3-. The average Bonchev–Trinajstić information content (AvgIpc) is 1.35. The normalized spacial score (nSPS) is 9.33. The Kier molecular flexibility index (Phi) is 1.89. The molecule has 0 unspecified atom stereocenters. The number of carboxylic acid groups (broad SMARTS) is 1. The third-order valence-electron chi connectivity index (χ3n) is 0.211. The molecule has 0 aromatic heterocycles. The fraction of sp³-hybridized carbons (Fsp3) is 0. The van der Waals surface area contributed by atoms with Crippen molar-refractivity contribution in [1.29, 1.82) is 0 Å². The Morgan fingerprint density at radius 3 is 2.33 bits per heavy atom. The Morgan fingerprint density at radius 1 is 1.83 bits per heavy atom. The van der Waals surface area contributed by atoms with Gasteiger partial charge < -0.3 is 10.2 Å². The van der Waals surface area contributed by atoms with Crippen LogP contribution in [0, 0.1) is 0 Å². The van der Waals surface area contributed by atoms with Gasteiger partial charge >= 0.3 is 5.97 Å². The summed E-state index contributed by atoms with van der Waals surface area (Å²) in [6, 6.07) is 0. The number of rotatable bonds is 1. The summed E-state index contributed by atoms with van der Waals surface area (Å²) >= 11 is 0. The van der Waals surface area contributed by atoms with E-state index < -0.39 is 5.97 Å². The number of aliphatic carboxylic acids is 1. The van der Waals surface area contributed by atoms with Gasteiger partial charge in [-0.25, -0.2) is 4.79 Å². The van der Waals surface area contributed by atoms with Crippen molar-refractivity contribution < 1.29 is 15.0 Å². The van der Waals surface area contributed by atoms with E-state index in [2.05, 4.69) is 0 Å². The van der Waals surface area contributed by atoms with Crippen LogP contribution in [0.15, 0.2) is 12.3 Å². The Labute approximate surface area is 34.5 Å². The maximum atomic E-state index is 9.31. The molecule has 3 heteroatoms. The van der Waals surface area contributed by atoms with Crippen molar-refractivity contribution in [3.63, 3.8) is 0 Å². The predicted octanol–water partition coefficient (Wildman–Crippen LogP) is -1.05. The van der Waals surface area contributed by atoms with Crippen LogP contribution in [0.3, 0.4) is 0 Å². The van der Waals surface area contributed by atoms with Gasteiger partial charge in [0.15, 0.2) is 0 Å². The summed E-state index contributed by atoms with van der Waals surface area (Å²) in [7, 11) is 0. The number of carboxylic acids is 1. The van der Waals surface area contributed by atoms with Crippen molar-refractivity contribution >= 4 is 5.97 Å². The van der Waals surface area contributed by atoms with Crippen LogP contribution in [0.5, 0.6) is 0 Å². The predicted molar refractivity (Wildman–Crippen MR) is 16.8 cm³/mol. The minimum atomic E-state index is -1.20. The SMILES string of the molecule is O=C(O)/C=C\[O-]. The molecule has 0 aliphatic heterocycles. The van der Waals surface area contributed by atoms with Crippen LogP contribution in [0.4, 0.5) is 0 Å². The molecule has 0 saturated carbocycles. The van der Waals surface area contributed by atoms with Gasteiger partial charge in [-0.3, -0.25) is 0 Å². The summed E-state index contributed by atoms with van der Waals surface area (Å²) < 4.78 is 0. The van der Waals surface area contributed by atoms with Crippen molar-refractivity contribution in [3.8, 4) is 0 Å². The number of hydrogen-bond donors (Lipinski definition) is 1. The average molecular weight is 87.1 g/mol. The van der Waals surface area contributed by atoms with E-state index in [1.54, 1.807) is 0 Å². The number of carbonyl (C=O) groups is 1. The van der Waals surface area contributed by atoms with E-state index in [-0.39, 0.29) is 6.26 Å². The molecule has 0 aromatic rings. The molecule has 0 fully saturated rings. The third-order valence-corrected chi connectivity index (χ3v) is 0.211. The van der Waals surface area contributed by atoms with Crippen molar-refractivity contribution in [2.75, 3.05) is 0 Å². The lowest BCUT2D eigenvalue weighted by Gasteiger charge is -1.80. The van der Waals surface area contributed by atoms with Gasteiger partial charge in [0.25, 0.3) is 0 Å². The Bertz CT molecular complexity index is 74.1. The van der Waals surface area contributed by atoms with Crippen LogP contribution >= 0.6 is 0 Å². The summed E-state index contributed by atoms with van der Waals surface area (Å²) in [6.07, 6.45) is 0.752. The van der Waals surface area contributed by atoms with Crippen molar-refractivity contribution in [2.45, 2.75) is 0 Å². The smallest absolute Gasteiger partial charge is 0.327 e. The number of hydrogen-bond acceptors (Lipinski definition) is 2. The zero-order valence-corrected chi connectivity index (χ0v) is 2.92. The molecule has 0 rings (SSSR count). The molecule has 3 nitrogen and oxygen atoms in total. The van der Waals surface area contributed by atoms with E-state index >= 15 is 0 Å². The highest BCUT2D eigenvalue weighted by molar-refractivity contribution is 5.79. The Morgan fingerprint density at radius 2 is 2.33 bits per heavy atom. The summed E-state index contributed by atoms with van der Waals surface area (Å²) in [5.74, 6) is -1.20. The monoisotopic (exact) mass is 87.0 g/mol. The molecule has 1 N–H and O–H groups in total. The third kappa shape index (κ3) is 3.01. The second-order valence-electron chi connectivity index (χ2n) is 0.641. The van der Waals surface area contributed by atoms with Crippen LogP contribution < -0.4 is 5.11 Å². The molecule has 0 amide bonds. The van der Waals surface area contributed by atoms with E-state index in [9.17, 15) is 9.90 Å². The van der Waals surface area contributed by atoms with Crippen LogP contribution in [0.2, 0.25) is 0 Å². The molecule has 0 aliphatic carbocycles. The first-order valence-electron chi connectivity index (χ1n) is 1.29. The van der Waals surface area contributed by atoms with E-state index in [0.29, 0.717) is 6.08 Å². The fourth-order valence-corrected chi connectivity index (χ4v) is 0.0582. The topological polar surface area (TPSA) is 60.4 Å². The van der Waals surface area contributed by atoms with Crippen molar-refractivity contribution in [1.82, 2.24) is 0 Å². The van der Waals surface area contributed by atoms with E-state index in [0.717, 1.165) is 0 Å². The molecule has 6 heavy (non-hydrogen) atoms. The van der Waals surface area contributed by atoms with Crippen LogP contribution in [0.25, 0.3) is 0 Å². The lowest BCUT2D eigenvalue weighted by molar-refractivity contribution is -0.275. The molecule has 34 valence electrons. The fourth-order valence-electron chi connectivity index (χ4n) is 0.0582. The maximum absolute atomic E-state index is 9.31. The van der Waals surface area contributed by atoms with Gasteiger partial charge in [0.05, 0.1) is 0 Å². The molecule has 0 radical (unpaired) electrons. The van der Waals surface area contributed by atoms with Gasteiger partial charge in [0.2, 0.25) is 0 Å². The van der Waals surface area contributed by atoms with Crippen LogP contribution in [0.1, 0.15) is 0 Å². The molecule has 0 saturated heterocycles. The molecule has 0 heterocycles. The largest absolute Gasteiger partial charge is 0.878 e. The molecule has 0 aromatic carbocycles. The van der Waals surface area contributed by atoms with Crippen molar-refractivity contribution in [3.05, 3.63) is 12.3 Å². The second-order valence-corrected chi connectivity index (χ2v) is 0.641. The highest BCUT2D eigenvalue weighted by atomic mass is 16.4. The summed E-state index contributed by atoms with van der Waals surface area (Å²) in [6.45, 7) is 0. The first-order valence-corrected chi connectivity index (χ1v) is 1.29. The van der Waals surface area contributed by atoms with E-state index in [1.165, 1.54) is 0 Å². The van der Waals surface area contributed by atoms with Crippen LogP contribution in [-0.4, -0.2) is 11.1 Å². The summed E-state index contributed by atoms with van der Waals surface area (Å²) in [5.41, 5.74) is 0. The Balaban J connectivity index is 3.30. The standard InChI is InChI=1S/C3H4O3/c4-2-1-3(5)6/h1-2,4H,(H,5,6)/p-1/b2-1-. The first-order chi connectivity index (χ1) is 2.77. The highest BCUT2D eigenvalue weighted by Gasteiger charge is 1.74. The quantitative estimate of drug-likeness (QED) is 0.327. The minimum Gasteiger partial charge on any atom is -0.878 e. The maximum Gasteiger partial charge on any atom is 0.327 e. The lowest BCUT2D eigenvalue weighted by Crippen LogP contribution is -1.92. The zero-order valence-electron chi connectivity index (χ0n) is 2.92. The lowest BCUT2D eigenvalue weighted by atomic mass is 10.7. The minimum absolute atomic E-state index is 0.225. The van der Waals surface area contributed by atoms with E-state index in [1.807, 2.05) is 0 Å². The zero-order chi connectivity index (χ0) is 4.99. The first kappa shape index (κ1) is 5.01. The molecule has 0 atom stereocenters. The van der Waals surface area contributed by atoms with Gasteiger partial charge in [-0.2, -0.15) is 0 Å². The highest BCUT2D eigenvalue weighted by Crippen LogP contribution is 1.59. The molecule has 0 spiro atoms. The van der Waals surface area contributed by atoms with Gasteiger partial charge in [-0.15, -0.1) is 6.26 Å². The van der Waals surface area contributed by atoms with Gasteiger partial charge in [0.1, 0.15) is 0 Å². The summed E-state index contributed by atoms with van der Waals surface area (Å²) in [4.78, 5) is 9.31. The van der Waals surface area contributed by atoms with E-state index in [4.69, 9.17) is 5.11 Å². The van der Waals surface area contributed by atoms with Crippen LogP contribution in [-0.2, 0) is 4.79 Å². The van der Waals surface area contributed by atoms with Gasteiger partial charge in [0, 0.05) is 6.08 Å². The van der Waals surface area contributed by atoms with Gasteiger partial charge in [-0.05, 0) is 0 Å². The van der Waals surface area contributed by atoms with Gasteiger partial charge in [-0.1, -0.05) is 0 Å².